The van der Waals surface area contributed by atoms with Gasteiger partial charge in [-0.25, -0.2) is 0 Å². The lowest BCUT2D eigenvalue weighted by atomic mass is 10.1. The van der Waals surface area contributed by atoms with Gasteiger partial charge in [-0.3, -0.25) is 4.79 Å². The van der Waals surface area contributed by atoms with E-state index in [1.54, 1.807) is 0 Å². The van der Waals surface area contributed by atoms with Crippen LogP contribution in [0.2, 0.25) is 0 Å². The van der Waals surface area contributed by atoms with Crippen molar-refractivity contribution in [2.45, 2.75) is 38.8 Å². The maximum Gasteiger partial charge on any atom is 0.243 e. The molecule has 7 heteroatoms. The number of likely N-dealkylation sites (tertiary alicyclic amines) is 1. The molecule has 1 saturated carbocycles. The number of benzene rings is 1. The van der Waals surface area contributed by atoms with Crippen LogP contribution in [0.4, 0.5) is 0 Å². The van der Waals surface area contributed by atoms with Crippen molar-refractivity contribution >= 4 is 5.91 Å². The Hall–Kier alpha value is -2.28. The van der Waals surface area contributed by atoms with E-state index in [0.717, 1.165) is 24.7 Å². The predicted molar refractivity (Wildman–Crippen MR) is 93.7 cm³/mol. The molecule has 0 bridgehead atoms. The van der Waals surface area contributed by atoms with Gasteiger partial charge in [0, 0.05) is 24.7 Å². The van der Waals surface area contributed by atoms with Gasteiger partial charge in [-0.05, 0) is 43.9 Å². The summed E-state index contributed by atoms with van der Waals surface area (Å²) < 4.78 is 0. The van der Waals surface area contributed by atoms with Crippen LogP contribution in [-0.4, -0.2) is 56.7 Å². The van der Waals surface area contributed by atoms with E-state index >= 15 is 0 Å². The summed E-state index contributed by atoms with van der Waals surface area (Å²) in [5, 5.41) is 15.3. The minimum Gasteiger partial charge on any atom is -0.354 e. The molecule has 132 valence electrons. The molecule has 0 radical (unpaired) electrons. The number of aromatic nitrogens is 4. The largest absolute Gasteiger partial charge is 0.354 e. The molecule has 25 heavy (non-hydrogen) atoms. The van der Waals surface area contributed by atoms with E-state index < -0.39 is 0 Å². The molecule has 2 heterocycles. The molecule has 1 amide bonds. The molecular weight excluding hydrogens is 316 g/mol. The van der Waals surface area contributed by atoms with E-state index in [1.807, 2.05) is 31.2 Å². The van der Waals surface area contributed by atoms with E-state index in [0.29, 0.717) is 11.7 Å². The Kier molecular flexibility index (Phi) is 4.48. The van der Waals surface area contributed by atoms with E-state index in [9.17, 15) is 4.79 Å². The lowest BCUT2D eigenvalue weighted by molar-refractivity contribution is -0.122. The number of carbonyl (C=O) groups is 1. The minimum atomic E-state index is -0.0577. The number of tetrazole rings is 1. The molecule has 2 aliphatic rings. The quantitative estimate of drug-likeness (QED) is 0.856. The molecule has 1 aliphatic carbocycles. The Morgan fingerprint density at radius 2 is 2.04 bits per heavy atom. The summed E-state index contributed by atoms with van der Waals surface area (Å²) in [7, 11) is 0. The summed E-state index contributed by atoms with van der Waals surface area (Å²) in [6.45, 7) is 5.17. The van der Waals surface area contributed by atoms with E-state index in [4.69, 9.17) is 0 Å². The molecule has 7 nitrogen and oxygen atoms in total. The molecular formula is C18H24N6O. The van der Waals surface area contributed by atoms with Crippen LogP contribution in [-0.2, 0) is 11.3 Å². The summed E-state index contributed by atoms with van der Waals surface area (Å²) >= 11 is 0. The van der Waals surface area contributed by atoms with Crippen molar-refractivity contribution < 1.29 is 4.79 Å². The zero-order valence-corrected chi connectivity index (χ0v) is 14.6. The van der Waals surface area contributed by atoms with Gasteiger partial charge >= 0.3 is 0 Å². The molecule has 2 aromatic rings. The van der Waals surface area contributed by atoms with E-state index in [2.05, 4.69) is 25.6 Å². The molecule has 2 fully saturated rings. The van der Waals surface area contributed by atoms with Crippen LogP contribution in [0.5, 0.6) is 0 Å². The van der Waals surface area contributed by atoms with Crippen LogP contribution in [0, 0.1) is 12.8 Å². The number of aryl methyl sites for hydroxylation is 1. The lowest BCUT2D eigenvalue weighted by Crippen LogP contribution is -2.34. The zero-order valence-electron chi connectivity index (χ0n) is 14.6. The fourth-order valence-corrected chi connectivity index (χ4v) is 3.37. The second-order valence-corrected chi connectivity index (χ2v) is 7.19. The van der Waals surface area contributed by atoms with Crippen LogP contribution in [0.15, 0.2) is 24.3 Å². The van der Waals surface area contributed by atoms with Gasteiger partial charge in [-0.1, -0.05) is 29.8 Å². The molecule has 1 unspecified atom stereocenters. The first-order valence-electron chi connectivity index (χ1n) is 9.03. The van der Waals surface area contributed by atoms with Gasteiger partial charge in [0.1, 0.15) is 6.54 Å². The highest BCUT2D eigenvalue weighted by Crippen LogP contribution is 2.31. The van der Waals surface area contributed by atoms with Gasteiger partial charge in [-0.2, -0.15) is 4.80 Å². The molecule has 0 spiro atoms. The molecule has 1 saturated heterocycles. The Bertz CT molecular complexity index is 736. The Labute approximate surface area is 147 Å². The third kappa shape index (κ3) is 4.04. The predicted octanol–water partition coefficient (Wildman–Crippen LogP) is 1.25. The van der Waals surface area contributed by atoms with Crippen molar-refractivity contribution in [2.75, 3.05) is 19.6 Å². The number of carbonyl (C=O) groups excluding carboxylic acids is 1. The molecule has 1 atom stereocenters. The van der Waals surface area contributed by atoms with Crippen molar-refractivity contribution in [3.8, 4) is 11.4 Å². The van der Waals surface area contributed by atoms with Crippen molar-refractivity contribution in [3.05, 3.63) is 29.8 Å². The smallest absolute Gasteiger partial charge is 0.243 e. The Balaban J connectivity index is 1.26. The molecule has 1 aromatic carbocycles. The molecule has 1 aliphatic heterocycles. The van der Waals surface area contributed by atoms with E-state index in [1.165, 1.54) is 36.2 Å². The maximum atomic E-state index is 12.1. The molecule has 1 aromatic heterocycles. The maximum absolute atomic E-state index is 12.1. The van der Waals surface area contributed by atoms with Crippen LogP contribution in [0.3, 0.4) is 0 Å². The van der Waals surface area contributed by atoms with Gasteiger partial charge in [0.2, 0.25) is 11.7 Å². The van der Waals surface area contributed by atoms with E-state index in [-0.39, 0.29) is 12.5 Å². The van der Waals surface area contributed by atoms with Gasteiger partial charge in [-0.15, -0.1) is 10.2 Å². The number of nitrogens with one attached hydrogen (secondary N) is 1. The summed E-state index contributed by atoms with van der Waals surface area (Å²) in [6, 6.07) is 8.76. The lowest BCUT2D eigenvalue weighted by Gasteiger charge is -2.15. The SMILES string of the molecule is Cc1ccc(-c2nnn(CC(=O)NCC3CCN(C4CC4)C3)n2)cc1. The molecule has 1 N–H and O–H groups in total. The monoisotopic (exact) mass is 340 g/mol. The first-order chi connectivity index (χ1) is 12.2. The van der Waals surface area contributed by atoms with Gasteiger partial charge in [0.25, 0.3) is 0 Å². The number of amides is 1. The second kappa shape index (κ2) is 6.92. The van der Waals surface area contributed by atoms with Crippen molar-refractivity contribution in [2.24, 2.45) is 5.92 Å². The zero-order chi connectivity index (χ0) is 17.2. The number of nitrogens with zero attached hydrogens (tertiary/aromatic N) is 5. The third-order valence-electron chi connectivity index (χ3n) is 5.02. The summed E-state index contributed by atoms with van der Waals surface area (Å²) in [4.78, 5) is 16.1. The Morgan fingerprint density at radius 1 is 1.24 bits per heavy atom. The first-order valence-corrected chi connectivity index (χ1v) is 9.03. The topological polar surface area (TPSA) is 75.9 Å². The highest BCUT2D eigenvalue weighted by Gasteiger charge is 2.34. The normalized spacial score (nSPS) is 20.8. The summed E-state index contributed by atoms with van der Waals surface area (Å²) in [5.41, 5.74) is 2.09. The third-order valence-corrected chi connectivity index (χ3v) is 5.02. The number of rotatable bonds is 6. The average Bonchev–Trinajstić information content (AvgIpc) is 3.17. The van der Waals surface area contributed by atoms with Crippen molar-refractivity contribution in [3.63, 3.8) is 0 Å². The average molecular weight is 340 g/mol. The minimum absolute atomic E-state index is 0.0577. The standard InChI is InChI=1S/C18H24N6O/c1-13-2-4-15(5-3-13)18-20-22-24(21-18)12-17(25)19-10-14-8-9-23(11-14)16-6-7-16/h2-5,14,16H,6-12H2,1H3,(H,19,25). The highest BCUT2D eigenvalue weighted by atomic mass is 16.2. The fourth-order valence-electron chi connectivity index (χ4n) is 3.37. The first kappa shape index (κ1) is 16.2. The van der Waals surface area contributed by atoms with Gasteiger partial charge in [0.15, 0.2) is 0 Å². The second-order valence-electron chi connectivity index (χ2n) is 7.19. The van der Waals surface area contributed by atoms with Crippen LogP contribution in [0.1, 0.15) is 24.8 Å². The summed E-state index contributed by atoms with van der Waals surface area (Å²) in [6.07, 6.45) is 3.87. The highest BCUT2D eigenvalue weighted by molar-refractivity contribution is 5.75. The Morgan fingerprint density at radius 3 is 2.80 bits per heavy atom. The summed E-state index contributed by atoms with van der Waals surface area (Å²) in [5.74, 6) is 1.05. The van der Waals surface area contributed by atoms with Crippen LogP contribution in [0.25, 0.3) is 11.4 Å². The van der Waals surface area contributed by atoms with Gasteiger partial charge in [0.05, 0.1) is 0 Å². The van der Waals surface area contributed by atoms with Crippen LogP contribution < -0.4 is 5.32 Å². The number of hydrogen-bond acceptors (Lipinski definition) is 5. The molecule has 4 rings (SSSR count). The number of hydrogen-bond donors (Lipinski definition) is 1. The van der Waals surface area contributed by atoms with Crippen molar-refractivity contribution in [1.29, 1.82) is 0 Å². The van der Waals surface area contributed by atoms with Gasteiger partial charge < -0.3 is 10.2 Å². The fraction of sp³-hybridized carbons (Fsp3) is 0.556. The van der Waals surface area contributed by atoms with Crippen molar-refractivity contribution in [1.82, 2.24) is 30.4 Å². The van der Waals surface area contributed by atoms with Crippen LogP contribution >= 0.6 is 0 Å².